The van der Waals surface area contributed by atoms with Crippen LogP contribution in [0.1, 0.15) is 21.8 Å². The lowest BCUT2D eigenvalue weighted by molar-refractivity contribution is -0.117. The van der Waals surface area contributed by atoms with Crippen LogP contribution in [0.15, 0.2) is 54.6 Å². The van der Waals surface area contributed by atoms with E-state index in [2.05, 4.69) is 10.6 Å². The van der Waals surface area contributed by atoms with Gasteiger partial charge in [-0.1, -0.05) is 23.2 Å². The lowest BCUT2D eigenvalue weighted by Gasteiger charge is -2.10. The maximum atomic E-state index is 14.3. The van der Waals surface area contributed by atoms with Crippen LogP contribution in [-0.2, 0) is 4.79 Å². The Kier molecular flexibility index (Phi) is 6.75. The number of rotatable bonds is 5. The highest BCUT2D eigenvalue weighted by Crippen LogP contribution is 2.65. The number of carbonyl (C=O) groups is 2. The van der Waals surface area contributed by atoms with Crippen molar-refractivity contribution in [1.29, 1.82) is 0 Å². The molecule has 4 rings (SSSR count). The fourth-order valence-corrected chi connectivity index (χ4v) is 4.97. The van der Waals surface area contributed by atoms with Crippen LogP contribution in [-0.4, -0.2) is 16.1 Å². The van der Waals surface area contributed by atoms with Crippen LogP contribution in [0.2, 0.25) is 10.0 Å². The number of nitrogens with one attached hydrogen (secondary N) is 2. The molecule has 0 saturated heterocycles. The van der Waals surface area contributed by atoms with E-state index in [1.807, 2.05) is 0 Å². The van der Waals surface area contributed by atoms with Gasteiger partial charge in [0.15, 0.2) is 0 Å². The molecule has 1 aliphatic rings. The second kappa shape index (κ2) is 9.30. The van der Waals surface area contributed by atoms with Gasteiger partial charge in [0.05, 0.1) is 17.2 Å². The van der Waals surface area contributed by atoms with Gasteiger partial charge in [-0.2, -0.15) is 0 Å². The first kappa shape index (κ1) is 24.7. The van der Waals surface area contributed by atoms with Gasteiger partial charge in [0, 0.05) is 27.7 Å². The second-order valence-corrected chi connectivity index (χ2v) is 9.91. The average Bonchev–Trinajstić information content (AvgIpc) is 3.33. The fraction of sp³-hybridized carbons (Fsp3) is 0.130. The minimum atomic E-state index is -1.43. The highest BCUT2D eigenvalue weighted by atomic mass is 35.5. The summed E-state index contributed by atoms with van der Waals surface area (Å²) in [5, 5.41) is 5.41. The zero-order valence-electron chi connectivity index (χ0n) is 16.8. The number of halogens is 7. The third kappa shape index (κ3) is 4.98. The Hall–Kier alpha value is -2.45. The van der Waals surface area contributed by atoms with Crippen molar-refractivity contribution in [2.45, 2.75) is 10.3 Å². The molecule has 1 aliphatic carbocycles. The summed E-state index contributed by atoms with van der Waals surface area (Å²) < 4.78 is 39.7. The first-order valence-electron chi connectivity index (χ1n) is 9.68. The minimum Gasteiger partial charge on any atom is -0.326 e. The summed E-state index contributed by atoms with van der Waals surface area (Å²) in [6.45, 7) is 0. The van der Waals surface area contributed by atoms with Gasteiger partial charge in [-0.15, -0.1) is 23.2 Å². The molecule has 0 radical (unpaired) electrons. The lowest BCUT2D eigenvalue weighted by Crippen LogP contribution is -2.19. The molecule has 3 aromatic carbocycles. The van der Waals surface area contributed by atoms with Crippen molar-refractivity contribution in [2.24, 2.45) is 5.92 Å². The molecular weight excluding hydrogens is 535 g/mol. The normalized spacial score (nSPS) is 18.3. The van der Waals surface area contributed by atoms with Crippen molar-refractivity contribution < 1.29 is 22.8 Å². The molecule has 0 bridgehead atoms. The van der Waals surface area contributed by atoms with Crippen molar-refractivity contribution >= 4 is 69.6 Å². The summed E-state index contributed by atoms with van der Waals surface area (Å²) in [6.07, 6.45) is 0. The molecule has 11 heteroatoms. The van der Waals surface area contributed by atoms with E-state index in [1.165, 1.54) is 12.1 Å². The molecule has 0 unspecified atom stereocenters. The molecule has 2 N–H and O–H groups in total. The van der Waals surface area contributed by atoms with E-state index in [1.54, 1.807) is 12.1 Å². The monoisotopic (exact) mass is 546 g/mol. The summed E-state index contributed by atoms with van der Waals surface area (Å²) in [5.41, 5.74) is -0.160. The van der Waals surface area contributed by atoms with E-state index in [0.29, 0.717) is 21.7 Å². The number of hydrogen-bond donors (Lipinski definition) is 2. The van der Waals surface area contributed by atoms with Crippen LogP contribution in [0, 0.1) is 23.4 Å². The zero-order chi connectivity index (χ0) is 24.8. The predicted molar refractivity (Wildman–Crippen MR) is 126 cm³/mol. The first-order valence-corrected chi connectivity index (χ1v) is 11.2. The molecule has 34 heavy (non-hydrogen) atoms. The van der Waals surface area contributed by atoms with Crippen LogP contribution in [0.25, 0.3) is 0 Å². The maximum absolute atomic E-state index is 14.3. The van der Waals surface area contributed by atoms with Crippen LogP contribution in [0.3, 0.4) is 0 Å². The Morgan fingerprint density at radius 2 is 1.50 bits per heavy atom. The molecule has 1 saturated carbocycles. The standard InChI is InChI=1S/C23H13Cl4F3N2O2/c24-11-5-10(6-12(25)7-11)19-20(23(19,26)27)22(34)31-14-2-3-16(29)15(9-14)21(33)32-18-4-1-13(28)8-17(18)30/h1-9,19-20H,(H,31,34)(H,32,33)/t19-,20+/m1/s1. The summed E-state index contributed by atoms with van der Waals surface area (Å²) in [5.74, 6) is -5.83. The quantitative estimate of drug-likeness (QED) is 0.332. The molecule has 1 fully saturated rings. The van der Waals surface area contributed by atoms with Gasteiger partial charge >= 0.3 is 0 Å². The highest BCUT2D eigenvalue weighted by Gasteiger charge is 2.67. The van der Waals surface area contributed by atoms with Crippen molar-refractivity contribution in [3.63, 3.8) is 0 Å². The molecule has 4 nitrogen and oxygen atoms in total. The van der Waals surface area contributed by atoms with Gasteiger partial charge < -0.3 is 10.6 Å². The number of anilines is 2. The highest BCUT2D eigenvalue weighted by molar-refractivity contribution is 6.53. The van der Waals surface area contributed by atoms with Gasteiger partial charge in [0.1, 0.15) is 21.8 Å². The minimum absolute atomic E-state index is 0.0787. The maximum Gasteiger partial charge on any atom is 0.258 e. The summed E-state index contributed by atoms with van der Waals surface area (Å²) in [6, 6.07) is 10.5. The Morgan fingerprint density at radius 3 is 2.15 bits per heavy atom. The molecule has 176 valence electrons. The van der Waals surface area contributed by atoms with Crippen LogP contribution >= 0.6 is 46.4 Å². The fourth-order valence-electron chi connectivity index (χ4n) is 3.60. The molecule has 3 aromatic rings. The van der Waals surface area contributed by atoms with Crippen LogP contribution in [0.5, 0.6) is 0 Å². The molecule has 0 aliphatic heterocycles. The molecule has 0 aromatic heterocycles. The number of carbonyl (C=O) groups excluding carboxylic acids is 2. The van der Waals surface area contributed by atoms with Gasteiger partial charge in [0.25, 0.3) is 5.91 Å². The largest absolute Gasteiger partial charge is 0.326 e. The van der Waals surface area contributed by atoms with E-state index in [0.717, 1.165) is 24.3 Å². The second-order valence-electron chi connectivity index (χ2n) is 7.59. The third-order valence-corrected chi connectivity index (χ3v) is 6.61. The van der Waals surface area contributed by atoms with Crippen LogP contribution < -0.4 is 10.6 Å². The van der Waals surface area contributed by atoms with E-state index < -0.39 is 51.0 Å². The Balaban J connectivity index is 1.52. The Labute approximate surface area is 211 Å². The van der Waals surface area contributed by atoms with E-state index in [-0.39, 0.29) is 11.4 Å². The number of hydrogen-bond acceptors (Lipinski definition) is 2. The third-order valence-electron chi connectivity index (χ3n) is 5.24. The SMILES string of the molecule is O=C(Nc1ccc(F)cc1F)c1cc(NC(=O)[C@@H]2[C@@H](c3cc(Cl)cc(Cl)c3)C2(Cl)Cl)ccc1F. The Bertz CT molecular complexity index is 1300. The van der Waals surface area contributed by atoms with Gasteiger partial charge in [-0.25, -0.2) is 13.2 Å². The van der Waals surface area contributed by atoms with E-state index in [4.69, 9.17) is 46.4 Å². The number of benzene rings is 3. The van der Waals surface area contributed by atoms with Crippen LogP contribution in [0.4, 0.5) is 24.5 Å². The summed E-state index contributed by atoms with van der Waals surface area (Å²) in [4.78, 5) is 25.3. The van der Waals surface area contributed by atoms with Gasteiger partial charge in [0.2, 0.25) is 5.91 Å². The smallest absolute Gasteiger partial charge is 0.258 e. The lowest BCUT2D eigenvalue weighted by atomic mass is 10.1. The molecule has 0 heterocycles. The summed E-state index contributed by atoms with van der Waals surface area (Å²) in [7, 11) is 0. The van der Waals surface area contributed by atoms with Crippen molar-refractivity contribution in [2.75, 3.05) is 10.6 Å². The molecular formula is C23H13Cl4F3N2O2. The molecule has 2 amide bonds. The Morgan fingerprint density at radius 1 is 0.824 bits per heavy atom. The number of amides is 2. The first-order chi connectivity index (χ1) is 16.0. The molecule has 2 atom stereocenters. The average molecular weight is 548 g/mol. The summed E-state index contributed by atoms with van der Waals surface area (Å²) >= 11 is 24.7. The zero-order valence-corrected chi connectivity index (χ0v) is 19.8. The topological polar surface area (TPSA) is 58.2 Å². The van der Waals surface area contributed by atoms with Gasteiger partial charge in [-0.05, 0) is 54.1 Å². The van der Waals surface area contributed by atoms with Gasteiger partial charge in [-0.3, -0.25) is 9.59 Å². The van der Waals surface area contributed by atoms with E-state index in [9.17, 15) is 22.8 Å². The number of alkyl halides is 2. The predicted octanol–water partition coefficient (Wildman–Crippen LogP) is 7.19. The van der Waals surface area contributed by atoms with Crippen molar-refractivity contribution in [3.05, 3.63) is 93.2 Å². The van der Waals surface area contributed by atoms with Crippen molar-refractivity contribution in [3.8, 4) is 0 Å². The van der Waals surface area contributed by atoms with Crippen molar-refractivity contribution in [1.82, 2.24) is 0 Å². The molecule has 0 spiro atoms. The van der Waals surface area contributed by atoms with E-state index >= 15 is 0 Å².